The van der Waals surface area contributed by atoms with Crippen LogP contribution in [0.3, 0.4) is 0 Å². The van der Waals surface area contributed by atoms with Crippen molar-refractivity contribution in [2.75, 3.05) is 12.8 Å². The molecule has 21 heavy (non-hydrogen) atoms. The quantitative estimate of drug-likeness (QED) is 0.879. The highest BCUT2D eigenvalue weighted by Crippen LogP contribution is 2.36. The fourth-order valence-corrected chi connectivity index (χ4v) is 3.22. The third kappa shape index (κ3) is 2.60. The summed E-state index contributed by atoms with van der Waals surface area (Å²) in [5.41, 5.74) is 7.49. The molecule has 1 fully saturated rings. The predicted molar refractivity (Wildman–Crippen MR) is 83.3 cm³/mol. The molecule has 1 aliphatic carbocycles. The van der Waals surface area contributed by atoms with E-state index in [1.165, 1.54) is 32.1 Å². The molecular weight excluding hydrogens is 264 g/mol. The Hall–Kier alpha value is -2.04. The minimum absolute atomic E-state index is 0.492. The number of hydrogen-bond donors (Lipinski definition) is 1. The maximum absolute atomic E-state index is 5.84. The van der Waals surface area contributed by atoms with Crippen LogP contribution in [-0.4, -0.2) is 21.9 Å². The van der Waals surface area contributed by atoms with Crippen LogP contribution >= 0.6 is 0 Å². The Morgan fingerprint density at radius 2 is 1.95 bits per heavy atom. The highest BCUT2D eigenvalue weighted by molar-refractivity contribution is 5.68. The first kappa shape index (κ1) is 13.9. The number of ether oxygens (including phenoxy) is 1. The molecule has 2 aromatic rings. The van der Waals surface area contributed by atoms with Gasteiger partial charge in [-0.25, -0.2) is 0 Å². The Bertz CT molecular complexity index is 629. The topological polar surface area (TPSA) is 66.0 Å². The molecule has 0 unspecified atom stereocenters. The van der Waals surface area contributed by atoms with Gasteiger partial charge < -0.3 is 15.0 Å². The van der Waals surface area contributed by atoms with Crippen molar-refractivity contribution in [1.82, 2.24) is 14.8 Å². The van der Waals surface area contributed by atoms with Gasteiger partial charge >= 0.3 is 0 Å². The monoisotopic (exact) mass is 286 g/mol. The first-order valence-electron chi connectivity index (χ1n) is 7.56. The number of nitrogens with two attached hydrogens (primary N) is 1. The van der Waals surface area contributed by atoms with Crippen molar-refractivity contribution in [2.45, 2.75) is 45.1 Å². The number of methoxy groups -OCH3 is 1. The Morgan fingerprint density at radius 1 is 1.19 bits per heavy atom. The van der Waals surface area contributed by atoms with Gasteiger partial charge in [0, 0.05) is 17.8 Å². The maximum Gasteiger partial charge on any atom is 0.167 e. The molecule has 3 rings (SSSR count). The SMILES string of the molecule is COc1cc(N)ccc1-c1nnc(C)n1C1CCCCC1. The average molecular weight is 286 g/mol. The standard InChI is InChI=1S/C16H22N4O/c1-11-18-19-16(20(11)13-6-4-3-5-7-13)14-9-8-12(17)10-15(14)21-2/h8-10,13H,3-7,17H2,1-2H3. The molecule has 1 aromatic heterocycles. The molecule has 2 N–H and O–H groups in total. The van der Waals surface area contributed by atoms with E-state index in [0.29, 0.717) is 11.7 Å². The Labute approximate surface area is 125 Å². The van der Waals surface area contributed by atoms with Crippen LogP contribution in [0.4, 0.5) is 5.69 Å². The number of anilines is 1. The van der Waals surface area contributed by atoms with Crippen LogP contribution in [0.1, 0.15) is 44.0 Å². The second kappa shape index (κ2) is 5.76. The zero-order valence-electron chi connectivity index (χ0n) is 12.7. The van der Waals surface area contributed by atoms with E-state index >= 15 is 0 Å². The van der Waals surface area contributed by atoms with Gasteiger partial charge in [-0.05, 0) is 31.9 Å². The minimum atomic E-state index is 0.492. The second-order valence-corrected chi connectivity index (χ2v) is 5.69. The van der Waals surface area contributed by atoms with Crippen LogP contribution in [-0.2, 0) is 0 Å². The predicted octanol–water partition coefficient (Wildman–Crippen LogP) is 3.35. The maximum atomic E-state index is 5.84. The summed E-state index contributed by atoms with van der Waals surface area (Å²) >= 11 is 0. The number of nitrogens with zero attached hydrogens (tertiary/aromatic N) is 3. The molecule has 0 saturated heterocycles. The molecule has 0 amide bonds. The largest absolute Gasteiger partial charge is 0.496 e. The van der Waals surface area contributed by atoms with Crippen molar-refractivity contribution in [1.29, 1.82) is 0 Å². The number of aromatic nitrogens is 3. The van der Waals surface area contributed by atoms with Crippen molar-refractivity contribution in [3.63, 3.8) is 0 Å². The molecular formula is C16H22N4O. The fraction of sp³-hybridized carbons (Fsp3) is 0.500. The van der Waals surface area contributed by atoms with E-state index in [2.05, 4.69) is 14.8 Å². The Morgan fingerprint density at radius 3 is 2.67 bits per heavy atom. The molecule has 5 nitrogen and oxygen atoms in total. The van der Waals surface area contributed by atoms with Crippen molar-refractivity contribution in [3.8, 4) is 17.1 Å². The van der Waals surface area contributed by atoms with Gasteiger partial charge in [-0.2, -0.15) is 0 Å². The van der Waals surface area contributed by atoms with Gasteiger partial charge in [0.1, 0.15) is 11.6 Å². The molecule has 0 radical (unpaired) electrons. The molecule has 0 bridgehead atoms. The normalized spacial score (nSPS) is 16.1. The van der Waals surface area contributed by atoms with Gasteiger partial charge in [0.05, 0.1) is 12.7 Å². The lowest BCUT2D eigenvalue weighted by Gasteiger charge is -2.25. The van der Waals surface area contributed by atoms with E-state index < -0.39 is 0 Å². The van der Waals surface area contributed by atoms with Crippen molar-refractivity contribution in [3.05, 3.63) is 24.0 Å². The summed E-state index contributed by atoms with van der Waals surface area (Å²) in [7, 11) is 1.66. The van der Waals surface area contributed by atoms with Crippen molar-refractivity contribution in [2.24, 2.45) is 0 Å². The minimum Gasteiger partial charge on any atom is -0.496 e. The number of benzene rings is 1. The smallest absolute Gasteiger partial charge is 0.167 e. The van der Waals surface area contributed by atoms with E-state index in [0.717, 1.165) is 23.0 Å². The number of rotatable bonds is 3. The summed E-state index contributed by atoms with van der Waals surface area (Å²) < 4.78 is 7.74. The summed E-state index contributed by atoms with van der Waals surface area (Å²) in [6, 6.07) is 6.18. The molecule has 1 aromatic carbocycles. The Kier molecular flexibility index (Phi) is 3.82. The van der Waals surface area contributed by atoms with E-state index in [9.17, 15) is 0 Å². The zero-order valence-corrected chi connectivity index (χ0v) is 12.7. The van der Waals surface area contributed by atoms with Gasteiger partial charge in [-0.1, -0.05) is 19.3 Å². The summed E-state index contributed by atoms with van der Waals surface area (Å²) in [5.74, 6) is 2.60. The molecule has 5 heteroatoms. The van der Waals surface area contributed by atoms with E-state index in [1.54, 1.807) is 7.11 Å². The molecule has 1 saturated carbocycles. The van der Waals surface area contributed by atoms with Gasteiger partial charge in [-0.15, -0.1) is 10.2 Å². The van der Waals surface area contributed by atoms with Gasteiger partial charge in [-0.3, -0.25) is 0 Å². The molecule has 112 valence electrons. The van der Waals surface area contributed by atoms with Crippen LogP contribution in [0.2, 0.25) is 0 Å². The molecule has 1 heterocycles. The fourth-order valence-electron chi connectivity index (χ4n) is 3.22. The van der Waals surface area contributed by atoms with Crippen molar-refractivity contribution < 1.29 is 4.74 Å². The number of nitrogen functional groups attached to an aromatic ring is 1. The van der Waals surface area contributed by atoms with Crippen LogP contribution in [0.25, 0.3) is 11.4 Å². The highest BCUT2D eigenvalue weighted by atomic mass is 16.5. The molecule has 0 aliphatic heterocycles. The summed E-state index contributed by atoms with van der Waals surface area (Å²) in [4.78, 5) is 0. The number of hydrogen-bond acceptors (Lipinski definition) is 4. The summed E-state index contributed by atoms with van der Waals surface area (Å²) in [6.45, 7) is 2.02. The highest BCUT2D eigenvalue weighted by Gasteiger charge is 2.23. The van der Waals surface area contributed by atoms with Gasteiger partial charge in [0.2, 0.25) is 0 Å². The average Bonchev–Trinajstić information content (AvgIpc) is 2.89. The van der Waals surface area contributed by atoms with E-state index in [-0.39, 0.29) is 0 Å². The molecule has 1 aliphatic rings. The molecule has 0 atom stereocenters. The van der Waals surface area contributed by atoms with Crippen LogP contribution in [0.5, 0.6) is 5.75 Å². The third-order valence-electron chi connectivity index (χ3n) is 4.27. The molecule has 0 spiro atoms. The third-order valence-corrected chi connectivity index (χ3v) is 4.27. The second-order valence-electron chi connectivity index (χ2n) is 5.69. The van der Waals surface area contributed by atoms with Crippen LogP contribution in [0.15, 0.2) is 18.2 Å². The lowest BCUT2D eigenvalue weighted by molar-refractivity contribution is 0.350. The van der Waals surface area contributed by atoms with Crippen LogP contribution in [0, 0.1) is 6.92 Å². The van der Waals surface area contributed by atoms with E-state index in [4.69, 9.17) is 10.5 Å². The van der Waals surface area contributed by atoms with Crippen LogP contribution < -0.4 is 10.5 Å². The van der Waals surface area contributed by atoms with E-state index in [1.807, 2.05) is 25.1 Å². The van der Waals surface area contributed by atoms with Crippen molar-refractivity contribution >= 4 is 5.69 Å². The lowest BCUT2D eigenvalue weighted by atomic mass is 9.95. The Balaban J connectivity index is 2.07. The van der Waals surface area contributed by atoms with Gasteiger partial charge in [0.15, 0.2) is 5.82 Å². The first-order valence-corrected chi connectivity index (χ1v) is 7.56. The lowest BCUT2D eigenvalue weighted by Crippen LogP contribution is -2.15. The first-order chi connectivity index (χ1) is 10.2. The summed E-state index contributed by atoms with van der Waals surface area (Å²) in [6.07, 6.45) is 6.28. The zero-order chi connectivity index (χ0) is 14.8. The summed E-state index contributed by atoms with van der Waals surface area (Å²) in [5, 5.41) is 8.68. The number of aryl methyl sites for hydroxylation is 1. The van der Waals surface area contributed by atoms with Gasteiger partial charge in [0.25, 0.3) is 0 Å².